The number of ether oxygens (including phenoxy) is 2. The van der Waals surface area contributed by atoms with Crippen molar-refractivity contribution in [3.63, 3.8) is 0 Å². The molecule has 260 valence electrons. The quantitative estimate of drug-likeness (QED) is 0.233. The standard InChI is InChI=1S/C39H38N6O6/c1-38(2,26-7-10-29(11-8-26)51-19-28-15-16-40-37(42-28)44-20-39(21-44)22-50-23-39)25-5-3-24(4-6-25)18-41-27-9-12-30-31(17-27)36(49)45(35(30)48)32-13-14-33(46)43-34(32)47/h3-12,15-17,32,41H,13-14,18-23H2,1-2H3,(H,43,46,47). The first-order valence-electron chi connectivity index (χ1n) is 17.2. The molecule has 3 saturated heterocycles. The zero-order valence-electron chi connectivity index (χ0n) is 28.5. The summed E-state index contributed by atoms with van der Waals surface area (Å²) in [5.74, 6) is -0.564. The molecule has 1 unspecified atom stereocenters. The molecule has 0 saturated carbocycles. The van der Waals surface area contributed by atoms with Crippen molar-refractivity contribution in [3.8, 4) is 5.75 Å². The maximum Gasteiger partial charge on any atom is 0.262 e. The molecule has 0 aliphatic carbocycles. The normalized spacial score (nSPS) is 19.4. The molecule has 2 N–H and O–H groups in total. The van der Waals surface area contributed by atoms with Gasteiger partial charge in [0.25, 0.3) is 11.8 Å². The van der Waals surface area contributed by atoms with Gasteiger partial charge in [-0.15, -0.1) is 0 Å². The SMILES string of the molecule is CC(C)(c1ccc(CNc2ccc3c(c2)C(=O)N(C2CCC(=O)NC2=O)C3=O)cc1)c1ccc(OCc2ccnc(N3CC4(COC4)C3)n2)cc1. The van der Waals surface area contributed by atoms with Crippen molar-refractivity contribution in [2.75, 3.05) is 36.5 Å². The highest BCUT2D eigenvalue weighted by Gasteiger charge is 2.50. The lowest BCUT2D eigenvalue weighted by molar-refractivity contribution is -0.136. The first-order valence-corrected chi connectivity index (χ1v) is 17.2. The molecule has 4 aliphatic rings. The van der Waals surface area contributed by atoms with Crippen molar-refractivity contribution in [1.82, 2.24) is 20.2 Å². The third kappa shape index (κ3) is 6.09. The molecule has 1 atom stereocenters. The molecule has 8 rings (SSSR count). The van der Waals surface area contributed by atoms with Gasteiger partial charge in [-0.3, -0.25) is 29.4 Å². The number of hydrogen-bond donors (Lipinski definition) is 2. The van der Waals surface area contributed by atoms with E-state index >= 15 is 0 Å². The van der Waals surface area contributed by atoms with Crippen LogP contribution in [-0.4, -0.2) is 70.8 Å². The zero-order chi connectivity index (χ0) is 35.3. The lowest BCUT2D eigenvalue weighted by Gasteiger charge is -2.54. The van der Waals surface area contributed by atoms with Gasteiger partial charge in [0, 0.05) is 43.4 Å². The average Bonchev–Trinajstić information content (AvgIpc) is 3.34. The van der Waals surface area contributed by atoms with Crippen molar-refractivity contribution < 1.29 is 28.7 Å². The molecule has 5 heterocycles. The minimum atomic E-state index is -0.990. The second-order valence-electron chi connectivity index (χ2n) is 14.4. The van der Waals surface area contributed by atoms with Crippen molar-refractivity contribution in [2.45, 2.75) is 51.3 Å². The van der Waals surface area contributed by atoms with Gasteiger partial charge in [0.2, 0.25) is 17.8 Å². The Morgan fingerprint density at radius 1 is 0.922 bits per heavy atom. The minimum Gasteiger partial charge on any atom is -0.487 e. The van der Waals surface area contributed by atoms with E-state index in [4.69, 9.17) is 14.5 Å². The predicted molar refractivity (Wildman–Crippen MR) is 187 cm³/mol. The van der Waals surface area contributed by atoms with Crippen molar-refractivity contribution in [1.29, 1.82) is 0 Å². The van der Waals surface area contributed by atoms with Crippen LogP contribution in [0.3, 0.4) is 0 Å². The number of nitrogens with zero attached hydrogens (tertiary/aromatic N) is 4. The monoisotopic (exact) mass is 686 g/mol. The second kappa shape index (κ2) is 12.6. The Hall–Kier alpha value is -5.62. The van der Waals surface area contributed by atoms with Crippen LogP contribution >= 0.6 is 0 Å². The Labute approximate surface area is 295 Å². The summed E-state index contributed by atoms with van der Waals surface area (Å²) < 4.78 is 11.5. The van der Waals surface area contributed by atoms with Crippen LogP contribution < -0.4 is 20.3 Å². The highest BCUT2D eigenvalue weighted by Crippen LogP contribution is 2.39. The van der Waals surface area contributed by atoms with Crippen molar-refractivity contribution in [2.24, 2.45) is 5.41 Å². The van der Waals surface area contributed by atoms with Gasteiger partial charge in [0.05, 0.1) is 35.4 Å². The maximum absolute atomic E-state index is 13.2. The molecule has 1 spiro atoms. The predicted octanol–water partition coefficient (Wildman–Crippen LogP) is 4.23. The van der Waals surface area contributed by atoms with Gasteiger partial charge in [-0.05, 0) is 59.5 Å². The number of benzene rings is 3. The maximum atomic E-state index is 13.2. The van der Waals surface area contributed by atoms with E-state index in [0.29, 0.717) is 24.3 Å². The third-order valence-electron chi connectivity index (χ3n) is 10.4. The fourth-order valence-corrected chi connectivity index (χ4v) is 7.21. The van der Waals surface area contributed by atoms with E-state index < -0.39 is 29.7 Å². The summed E-state index contributed by atoms with van der Waals surface area (Å²) >= 11 is 0. The molecule has 12 nitrogen and oxygen atoms in total. The van der Waals surface area contributed by atoms with Crippen LogP contribution in [0.25, 0.3) is 0 Å². The van der Waals surface area contributed by atoms with E-state index in [-0.39, 0.29) is 29.4 Å². The first kappa shape index (κ1) is 32.6. The summed E-state index contributed by atoms with van der Waals surface area (Å²) in [5.41, 5.74) is 5.41. The second-order valence-corrected chi connectivity index (χ2v) is 14.4. The number of anilines is 2. The Bertz CT molecular complexity index is 2030. The lowest BCUT2D eigenvalue weighted by Crippen LogP contribution is -2.66. The number of amides is 4. The van der Waals surface area contributed by atoms with Gasteiger partial charge in [-0.1, -0.05) is 50.2 Å². The van der Waals surface area contributed by atoms with Crippen LogP contribution in [-0.2, 0) is 32.9 Å². The number of piperidine rings is 1. The number of fused-ring (bicyclic) bond motifs is 1. The number of carbonyl (C=O) groups is 4. The van der Waals surface area contributed by atoms with Crippen LogP contribution in [0.5, 0.6) is 5.75 Å². The van der Waals surface area contributed by atoms with Crippen molar-refractivity contribution >= 4 is 35.3 Å². The van der Waals surface area contributed by atoms with Crippen LogP contribution in [0, 0.1) is 5.41 Å². The molecule has 4 aromatic rings. The summed E-state index contributed by atoms with van der Waals surface area (Å²) in [6.07, 6.45) is 1.99. The number of hydrogen-bond acceptors (Lipinski definition) is 10. The zero-order valence-corrected chi connectivity index (χ0v) is 28.5. The van der Waals surface area contributed by atoms with Gasteiger partial charge < -0.3 is 19.7 Å². The summed E-state index contributed by atoms with van der Waals surface area (Å²) in [5, 5.41) is 5.56. The molecule has 3 aromatic carbocycles. The van der Waals surface area contributed by atoms with Gasteiger partial charge >= 0.3 is 0 Å². The van der Waals surface area contributed by atoms with Gasteiger partial charge in [-0.2, -0.15) is 0 Å². The minimum absolute atomic E-state index is 0.0806. The number of aromatic nitrogens is 2. The van der Waals surface area contributed by atoms with Gasteiger partial charge in [0.15, 0.2) is 0 Å². The number of imide groups is 2. The fraction of sp³-hybridized carbons (Fsp3) is 0.333. The van der Waals surface area contributed by atoms with Crippen LogP contribution in [0.2, 0.25) is 0 Å². The van der Waals surface area contributed by atoms with Gasteiger partial charge in [0.1, 0.15) is 18.4 Å². The molecular weight excluding hydrogens is 648 g/mol. The molecule has 4 aliphatic heterocycles. The Balaban J connectivity index is 0.858. The topological polar surface area (TPSA) is 143 Å². The summed E-state index contributed by atoms with van der Waals surface area (Å²) in [6, 6.07) is 22.5. The summed E-state index contributed by atoms with van der Waals surface area (Å²) in [6.45, 7) is 8.77. The number of carbonyl (C=O) groups excluding carboxylic acids is 4. The molecule has 0 bridgehead atoms. The number of nitrogens with one attached hydrogen (secondary N) is 2. The van der Waals surface area contributed by atoms with E-state index in [0.717, 1.165) is 65.3 Å². The fourth-order valence-electron chi connectivity index (χ4n) is 7.21. The number of rotatable bonds is 10. The molecule has 4 amide bonds. The smallest absolute Gasteiger partial charge is 0.262 e. The van der Waals surface area contributed by atoms with E-state index in [1.807, 2.05) is 18.2 Å². The van der Waals surface area contributed by atoms with Crippen LogP contribution in [0.1, 0.15) is 69.8 Å². The van der Waals surface area contributed by atoms with Crippen LogP contribution in [0.4, 0.5) is 11.6 Å². The van der Waals surface area contributed by atoms with Crippen molar-refractivity contribution in [3.05, 3.63) is 113 Å². The summed E-state index contributed by atoms with van der Waals surface area (Å²) in [4.78, 5) is 62.4. The Morgan fingerprint density at radius 3 is 2.31 bits per heavy atom. The first-order chi connectivity index (χ1) is 24.6. The van der Waals surface area contributed by atoms with E-state index in [1.54, 1.807) is 24.4 Å². The third-order valence-corrected chi connectivity index (χ3v) is 10.4. The highest BCUT2D eigenvalue weighted by atomic mass is 16.5. The molecule has 1 aromatic heterocycles. The molecule has 51 heavy (non-hydrogen) atoms. The molecule has 0 radical (unpaired) electrons. The van der Waals surface area contributed by atoms with E-state index in [9.17, 15) is 19.2 Å². The van der Waals surface area contributed by atoms with Gasteiger partial charge in [-0.25, -0.2) is 9.97 Å². The Kier molecular flexibility index (Phi) is 8.06. The largest absolute Gasteiger partial charge is 0.487 e. The highest BCUT2D eigenvalue weighted by molar-refractivity contribution is 6.23. The Morgan fingerprint density at radius 2 is 1.63 bits per heavy atom. The van der Waals surface area contributed by atoms with Crippen LogP contribution in [0.15, 0.2) is 79.0 Å². The van der Waals surface area contributed by atoms with E-state index in [2.05, 4.69) is 70.8 Å². The molecule has 3 fully saturated rings. The lowest BCUT2D eigenvalue weighted by atomic mass is 9.78. The molecule has 12 heteroatoms. The average molecular weight is 687 g/mol. The van der Waals surface area contributed by atoms with E-state index in [1.165, 1.54) is 0 Å². The summed E-state index contributed by atoms with van der Waals surface area (Å²) in [7, 11) is 0. The molecular formula is C39H38N6O6.